The first-order valence-electron chi connectivity index (χ1n) is 5.58. The van der Waals surface area contributed by atoms with Gasteiger partial charge in [0, 0.05) is 10.9 Å². The number of hydrogen-bond acceptors (Lipinski definition) is 1. The average molecular weight is 273 g/mol. The van der Waals surface area contributed by atoms with Crippen LogP contribution in [0.2, 0.25) is 0 Å². The van der Waals surface area contributed by atoms with Gasteiger partial charge in [-0.2, -0.15) is 0 Å². The first-order chi connectivity index (χ1) is 6.90. The molecule has 0 saturated heterocycles. The van der Waals surface area contributed by atoms with Crippen LogP contribution in [0.1, 0.15) is 40.5 Å². The lowest BCUT2D eigenvalue weighted by Gasteiger charge is -2.33. The zero-order valence-electron chi connectivity index (χ0n) is 10.1. The van der Waals surface area contributed by atoms with Gasteiger partial charge in [-0.15, -0.1) is 0 Å². The van der Waals surface area contributed by atoms with Crippen LogP contribution in [0, 0.1) is 11.3 Å². The molecule has 15 heavy (non-hydrogen) atoms. The van der Waals surface area contributed by atoms with Gasteiger partial charge in [0.2, 0.25) is 0 Å². The van der Waals surface area contributed by atoms with E-state index in [9.17, 15) is 5.11 Å². The minimum Gasteiger partial charge on any atom is -0.508 e. The molecule has 0 aromatic heterocycles. The van der Waals surface area contributed by atoms with Crippen molar-refractivity contribution in [1.29, 1.82) is 0 Å². The van der Waals surface area contributed by atoms with E-state index in [1.165, 1.54) is 5.57 Å². The molecule has 1 aliphatic rings. The molecule has 1 aliphatic carbocycles. The maximum Gasteiger partial charge on any atom is 0.118 e. The Morgan fingerprint density at radius 3 is 2.47 bits per heavy atom. The zero-order chi connectivity index (χ0) is 11.6. The van der Waals surface area contributed by atoms with Crippen molar-refractivity contribution in [3.05, 3.63) is 23.0 Å². The quantitative estimate of drug-likeness (QED) is 0.729. The van der Waals surface area contributed by atoms with E-state index in [0.717, 1.165) is 23.7 Å². The molecule has 0 fully saturated rings. The Morgan fingerprint density at radius 1 is 1.47 bits per heavy atom. The molecule has 1 N–H and O–H groups in total. The lowest BCUT2D eigenvalue weighted by atomic mass is 9.73. The van der Waals surface area contributed by atoms with Gasteiger partial charge in [0.05, 0.1) is 0 Å². The number of alkyl halides is 1. The maximum atomic E-state index is 9.99. The van der Waals surface area contributed by atoms with Crippen molar-refractivity contribution in [2.75, 3.05) is 5.33 Å². The summed E-state index contributed by atoms with van der Waals surface area (Å²) in [6.45, 7) is 8.89. The Hall–Kier alpha value is -0.240. The lowest BCUT2D eigenvalue weighted by Crippen LogP contribution is -2.23. The first-order valence-corrected chi connectivity index (χ1v) is 6.70. The Morgan fingerprint density at radius 2 is 2.07 bits per heavy atom. The molecule has 1 nitrogen and oxygen atoms in total. The predicted molar refractivity (Wildman–Crippen MR) is 69.4 cm³/mol. The third kappa shape index (κ3) is 2.87. The number of allylic oxidation sites excluding steroid dienone is 3. The Kier molecular flexibility index (Phi) is 4.05. The highest BCUT2D eigenvalue weighted by Gasteiger charge is 2.28. The van der Waals surface area contributed by atoms with E-state index in [1.807, 2.05) is 0 Å². The summed E-state index contributed by atoms with van der Waals surface area (Å²) in [6.07, 6.45) is 4.17. The van der Waals surface area contributed by atoms with Crippen molar-refractivity contribution in [1.82, 2.24) is 0 Å². The molecule has 0 amide bonds. The molecular formula is C13H21BrO. The summed E-state index contributed by atoms with van der Waals surface area (Å²) in [5.74, 6) is 1.06. The van der Waals surface area contributed by atoms with E-state index in [1.54, 1.807) is 0 Å². The zero-order valence-corrected chi connectivity index (χ0v) is 11.7. The topological polar surface area (TPSA) is 20.2 Å². The summed E-state index contributed by atoms with van der Waals surface area (Å²) in [4.78, 5) is 0. The van der Waals surface area contributed by atoms with Crippen molar-refractivity contribution < 1.29 is 5.11 Å². The molecule has 1 rings (SSSR count). The molecule has 0 aromatic carbocycles. The van der Waals surface area contributed by atoms with Crippen molar-refractivity contribution in [2.24, 2.45) is 11.3 Å². The van der Waals surface area contributed by atoms with Crippen LogP contribution < -0.4 is 0 Å². The molecule has 0 aromatic rings. The van der Waals surface area contributed by atoms with E-state index in [2.05, 4.69) is 49.7 Å². The van der Waals surface area contributed by atoms with Crippen LogP contribution in [0.4, 0.5) is 0 Å². The van der Waals surface area contributed by atoms with E-state index in [4.69, 9.17) is 0 Å². The second kappa shape index (κ2) is 4.73. The molecule has 0 heterocycles. The smallest absolute Gasteiger partial charge is 0.118 e. The second-order valence-corrected chi connectivity index (χ2v) is 5.87. The van der Waals surface area contributed by atoms with Gasteiger partial charge in [-0.3, -0.25) is 0 Å². The van der Waals surface area contributed by atoms with Crippen molar-refractivity contribution in [3.8, 4) is 0 Å². The van der Waals surface area contributed by atoms with Gasteiger partial charge in [-0.05, 0) is 29.7 Å². The first kappa shape index (κ1) is 12.8. The van der Waals surface area contributed by atoms with Crippen molar-refractivity contribution in [2.45, 2.75) is 40.5 Å². The monoisotopic (exact) mass is 272 g/mol. The highest BCUT2D eigenvalue weighted by molar-refractivity contribution is 9.09. The highest BCUT2D eigenvalue weighted by Crippen LogP contribution is 2.39. The molecule has 1 unspecified atom stereocenters. The fourth-order valence-corrected chi connectivity index (χ4v) is 2.40. The normalized spacial score (nSPS) is 23.0. The van der Waals surface area contributed by atoms with Crippen LogP contribution >= 0.6 is 15.9 Å². The number of halogens is 1. The summed E-state index contributed by atoms with van der Waals surface area (Å²) in [7, 11) is 0. The van der Waals surface area contributed by atoms with E-state index in [-0.39, 0.29) is 5.41 Å². The van der Waals surface area contributed by atoms with E-state index >= 15 is 0 Å². The molecule has 2 heteroatoms. The maximum absolute atomic E-state index is 9.99. The van der Waals surface area contributed by atoms with Gasteiger partial charge in [0.25, 0.3) is 0 Å². The molecule has 86 valence electrons. The van der Waals surface area contributed by atoms with E-state index in [0.29, 0.717) is 11.7 Å². The summed E-state index contributed by atoms with van der Waals surface area (Å²) in [6, 6.07) is 0. The van der Waals surface area contributed by atoms with Gasteiger partial charge < -0.3 is 5.11 Å². The number of hydrogen-bond donors (Lipinski definition) is 1. The Labute approximate surface area is 101 Å². The van der Waals surface area contributed by atoms with Gasteiger partial charge in [0.1, 0.15) is 5.76 Å². The van der Waals surface area contributed by atoms with Gasteiger partial charge in [-0.25, -0.2) is 0 Å². The summed E-state index contributed by atoms with van der Waals surface area (Å²) < 4.78 is 0. The molecule has 0 bridgehead atoms. The fraction of sp³-hybridized carbons (Fsp3) is 0.692. The third-order valence-electron chi connectivity index (χ3n) is 3.19. The summed E-state index contributed by atoms with van der Waals surface area (Å²) in [5.41, 5.74) is 2.53. The Bertz CT molecular complexity index is 294. The SMILES string of the molecule is CCC1=C(O)C(CBr)=CC(C(C)(C)C)C1. The van der Waals surface area contributed by atoms with Crippen LogP contribution in [0.25, 0.3) is 0 Å². The van der Waals surface area contributed by atoms with Crippen LogP contribution in [0.15, 0.2) is 23.0 Å². The van der Waals surface area contributed by atoms with Crippen molar-refractivity contribution >= 4 is 15.9 Å². The molecular weight excluding hydrogens is 252 g/mol. The fourth-order valence-electron chi connectivity index (χ4n) is 1.95. The lowest BCUT2D eigenvalue weighted by molar-refractivity contribution is 0.276. The number of rotatable bonds is 2. The standard InChI is InChI=1S/C13H21BrO/c1-5-9-6-11(13(2,3)4)7-10(8-14)12(9)15/h7,11,15H,5-6,8H2,1-4H3. The van der Waals surface area contributed by atoms with Crippen LogP contribution in [0.3, 0.4) is 0 Å². The number of aliphatic hydroxyl groups excluding tert-OH is 1. The Balaban J connectivity index is 3.01. The van der Waals surface area contributed by atoms with Crippen molar-refractivity contribution in [3.63, 3.8) is 0 Å². The second-order valence-electron chi connectivity index (χ2n) is 5.31. The predicted octanol–water partition coefficient (Wildman–Crippen LogP) is 4.60. The molecule has 0 spiro atoms. The van der Waals surface area contributed by atoms with E-state index < -0.39 is 0 Å². The van der Waals surface area contributed by atoms with Crippen LogP contribution in [-0.4, -0.2) is 10.4 Å². The third-order valence-corrected chi connectivity index (χ3v) is 3.79. The number of aliphatic hydroxyl groups is 1. The van der Waals surface area contributed by atoms with Gasteiger partial charge in [0.15, 0.2) is 0 Å². The van der Waals surface area contributed by atoms with Crippen LogP contribution in [0.5, 0.6) is 0 Å². The van der Waals surface area contributed by atoms with Gasteiger partial charge >= 0.3 is 0 Å². The molecule has 0 aliphatic heterocycles. The summed E-state index contributed by atoms with van der Waals surface area (Å²) in [5, 5.41) is 10.7. The average Bonchev–Trinajstić information content (AvgIpc) is 2.16. The molecule has 0 radical (unpaired) electrons. The largest absolute Gasteiger partial charge is 0.508 e. The summed E-state index contributed by atoms with van der Waals surface area (Å²) >= 11 is 3.44. The minimum absolute atomic E-state index is 0.272. The minimum atomic E-state index is 0.272. The van der Waals surface area contributed by atoms with Crippen LogP contribution in [-0.2, 0) is 0 Å². The molecule has 1 atom stereocenters. The highest BCUT2D eigenvalue weighted by atomic mass is 79.9. The van der Waals surface area contributed by atoms with Gasteiger partial charge in [-0.1, -0.05) is 49.7 Å². The molecule has 0 saturated carbocycles.